The summed E-state index contributed by atoms with van der Waals surface area (Å²) >= 11 is 0. The molecule has 0 atom stereocenters. The van der Waals surface area contributed by atoms with Gasteiger partial charge in [0.1, 0.15) is 11.5 Å². The van der Waals surface area contributed by atoms with Crippen molar-refractivity contribution in [1.82, 2.24) is 9.80 Å². The summed E-state index contributed by atoms with van der Waals surface area (Å²) in [5.41, 5.74) is 7.70. The number of carbonyl (C=O) groups excluding carboxylic acids is 2. The molecule has 1 aliphatic heterocycles. The second-order valence-corrected chi connectivity index (χ2v) is 6.55. The summed E-state index contributed by atoms with van der Waals surface area (Å²) in [6, 6.07) is 12.5. The number of methoxy groups -OCH3 is 2. The lowest BCUT2D eigenvalue weighted by atomic mass is 10.1. The first-order valence-electron chi connectivity index (χ1n) is 9.17. The number of nitrogens with zero attached hydrogens (tertiary/aromatic N) is 2. The Bertz CT molecular complexity index is 850. The Hall–Kier alpha value is -2.77. The quantitative estimate of drug-likeness (QED) is 0.802. The van der Waals surface area contributed by atoms with Gasteiger partial charge in [0, 0.05) is 44.4 Å². The first-order valence-corrected chi connectivity index (χ1v) is 9.17. The minimum absolute atomic E-state index is 0. The molecule has 0 aromatic heterocycles. The van der Waals surface area contributed by atoms with Gasteiger partial charge in [-0.25, -0.2) is 0 Å². The number of rotatable bonds is 5. The van der Waals surface area contributed by atoms with E-state index in [1.807, 2.05) is 12.1 Å². The Morgan fingerprint density at radius 2 is 1.48 bits per heavy atom. The molecule has 2 amide bonds. The van der Waals surface area contributed by atoms with Crippen molar-refractivity contribution in [1.29, 1.82) is 0 Å². The van der Waals surface area contributed by atoms with Crippen LogP contribution in [0.1, 0.15) is 26.3 Å². The van der Waals surface area contributed by atoms with Crippen LogP contribution >= 0.6 is 12.4 Å². The van der Waals surface area contributed by atoms with Crippen LogP contribution in [0, 0.1) is 0 Å². The van der Waals surface area contributed by atoms with Gasteiger partial charge in [-0.05, 0) is 29.8 Å². The molecule has 0 unspecified atom stereocenters. The van der Waals surface area contributed by atoms with Crippen molar-refractivity contribution in [3.05, 3.63) is 59.2 Å². The van der Waals surface area contributed by atoms with E-state index >= 15 is 0 Å². The number of amides is 2. The summed E-state index contributed by atoms with van der Waals surface area (Å²) in [7, 11) is 3.09. The third kappa shape index (κ3) is 4.99. The predicted octanol–water partition coefficient (Wildman–Crippen LogP) is 2.18. The standard InChI is InChI=1S/C21H25N3O4.ClH/c1-27-17-7-8-18(19(13-17)28-2)21(26)24-11-9-23(10-12-24)20(25)16-5-3-15(14-22)4-6-16;/h3-8,13H,9-12,14,22H2,1-2H3;1H. The molecule has 1 fully saturated rings. The number of ether oxygens (including phenoxy) is 2. The number of carbonyl (C=O) groups is 2. The van der Waals surface area contributed by atoms with Crippen LogP contribution in [0.2, 0.25) is 0 Å². The molecule has 156 valence electrons. The topological polar surface area (TPSA) is 85.1 Å². The number of benzene rings is 2. The van der Waals surface area contributed by atoms with Gasteiger partial charge in [0.2, 0.25) is 0 Å². The van der Waals surface area contributed by atoms with Crippen molar-refractivity contribution < 1.29 is 19.1 Å². The zero-order valence-electron chi connectivity index (χ0n) is 16.6. The van der Waals surface area contributed by atoms with Gasteiger partial charge in [-0.2, -0.15) is 0 Å². The molecule has 0 bridgehead atoms. The van der Waals surface area contributed by atoms with E-state index in [0.717, 1.165) is 5.56 Å². The fourth-order valence-electron chi connectivity index (χ4n) is 3.22. The molecule has 29 heavy (non-hydrogen) atoms. The van der Waals surface area contributed by atoms with Crippen molar-refractivity contribution in [2.24, 2.45) is 5.73 Å². The van der Waals surface area contributed by atoms with Crippen LogP contribution in [-0.2, 0) is 6.54 Å². The van der Waals surface area contributed by atoms with E-state index < -0.39 is 0 Å². The maximum atomic E-state index is 12.9. The van der Waals surface area contributed by atoms with E-state index in [9.17, 15) is 9.59 Å². The highest BCUT2D eigenvalue weighted by molar-refractivity contribution is 5.98. The summed E-state index contributed by atoms with van der Waals surface area (Å²) < 4.78 is 10.5. The van der Waals surface area contributed by atoms with E-state index in [1.54, 1.807) is 47.2 Å². The van der Waals surface area contributed by atoms with Crippen molar-refractivity contribution in [2.75, 3.05) is 40.4 Å². The molecular formula is C21H26ClN3O4. The zero-order chi connectivity index (χ0) is 20.1. The first-order chi connectivity index (χ1) is 13.6. The highest BCUT2D eigenvalue weighted by Crippen LogP contribution is 2.26. The molecule has 0 saturated carbocycles. The van der Waals surface area contributed by atoms with Crippen LogP contribution < -0.4 is 15.2 Å². The molecule has 0 radical (unpaired) electrons. The monoisotopic (exact) mass is 419 g/mol. The summed E-state index contributed by atoms with van der Waals surface area (Å²) in [6.45, 7) is 2.37. The average molecular weight is 420 g/mol. The molecular weight excluding hydrogens is 394 g/mol. The molecule has 0 spiro atoms. The van der Waals surface area contributed by atoms with Gasteiger partial charge >= 0.3 is 0 Å². The summed E-state index contributed by atoms with van der Waals surface area (Å²) in [5, 5.41) is 0. The predicted molar refractivity (Wildman–Crippen MR) is 113 cm³/mol. The third-order valence-electron chi connectivity index (χ3n) is 4.93. The highest BCUT2D eigenvalue weighted by atomic mass is 35.5. The van der Waals surface area contributed by atoms with E-state index in [4.69, 9.17) is 15.2 Å². The summed E-state index contributed by atoms with van der Waals surface area (Å²) in [5.74, 6) is 0.962. The first kappa shape index (κ1) is 22.5. The minimum Gasteiger partial charge on any atom is -0.497 e. The Kier molecular flexibility index (Phi) is 7.87. The van der Waals surface area contributed by atoms with Crippen LogP contribution in [0.15, 0.2) is 42.5 Å². The third-order valence-corrected chi connectivity index (χ3v) is 4.93. The minimum atomic E-state index is -0.112. The Morgan fingerprint density at radius 1 is 0.897 bits per heavy atom. The second kappa shape index (κ2) is 10.1. The SMILES string of the molecule is COc1ccc(C(=O)N2CCN(C(=O)c3ccc(CN)cc3)CC2)c(OC)c1.Cl. The lowest BCUT2D eigenvalue weighted by Gasteiger charge is -2.35. The van der Waals surface area contributed by atoms with Crippen LogP contribution in [-0.4, -0.2) is 62.0 Å². The van der Waals surface area contributed by atoms with E-state index in [0.29, 0.717) is 55.3 Å². The smallest absolute Gasteiger partial charge is 0.257 e. The lowest BCUT2D eigenvalue weighted by Crippen LogP contribution is -2.50. The molecule has 2 aromatic carbocycles. The fraction of sp³-hybridized carbons (Fsp3) is 0.333. The molecule has 7 nitrogen and oxygen atoms in total. The molecule has 8 heteroatoms. The van der Waals surface area contributed by atoms with Crippen LogP contribution in [0.3, 0.4) is 0 Å². The number of hydrogen-bond acceptors (Lipinski definition) is 5. The second-order valence-electron chi connectivity index (χ2n) is 6.55. The van der Waals surface area contributed by atoms with E-state index in [-0.39, 0.29) is 24.2 Å². The maximum Gasteiger partial charge on any atom is 0.257 e. The summed E-state index contributed by atoms with van der Waals surface area (Å²) in [4.78, 5) is 29.1. The molecule has 3 rings (SSSR count). The average Bonchev–Trinajstić information content (AvgIpc) is 2.77. The van der Waals surface area contributed by atoms with E-state index in [1.165, 1.54) is 7.11 Å². The number of halogens is 1. The van der Waals surface area contributed by atoms with Gasteiger partial charge in [0.25, 0.3) is 11.8 Å². The number of hydrogen-bond donors (Lipinski definition) is 1. The van der Waals surface area contributed by atoms with Crippen molar-refractivity contribution in [2.45, 2.75) is 6.54 Å². The number of nitrogens with two attached hydrogens (primary N) is 1. The molecule has 1 saturated heterocycles. The highest BCUT2D eigenvalue weighted by Gasteiger charge is 2.27. The van der Waals surface area contributed by atoms with Crippen LogP contribution in [0.5, 0.6) is 11.5 Å². The van der Waals surface area contributed by atoms with Gasteiger partial charge in [0.15, 0.2) is 0 Å². The Morgan fingerprint density at radius 3 is 2.00 bits per heavy atom. The van der Waals surface area contributed by atoms with Crippen molar-refractivity contribution >= 4 is 24.2 Å². The largest absolute Gasteiger partial charge is 0.497 e. The zero-order valence-corrected chi connectivity index (χ0v) is 17.4. The summed E-state index contributed by atoms with van der Waals surface area (Å²) in [6.07, 6.45) is 0. The molecule has 2 aromatic rings. The maximum absolute atomic E-state index is 12.9. The van der Waals surface area contributed by atoms with E-state index in [2.05, 4.69) is 0 Å². The molecule has 1 heterocycles. The normalized spacial score (nSPS) is 13.5. The van der Waals surface area contributed by atoms with Gasteiger partial charge in [-0.1, -0.05) is 12.1 Å². The number of piperazine rings is 1. The van der Waals surface area contributed by atoms with Crippen molar-refractivity contribution in [3.63, 3.8) is 0 Å². The van der Waals surface area contributed by atoms with Gasteiger partial charge in [-0.15, -0.1) is 12.4 Å². The lowest BCUT2D eigenvalue weighted by molar-refractivity contribution is 0.0533. The Balaban J connectivity index is 0.00000300. The fourth-order valence-corrected chi connectivity index (χ4v) is 3.22. The molecule has 1 aliphatic rings. The van der Waals surface area contributed by atoms with Crippen LogP contribution in [0.25, 0.3) is 0 Å². The van der Waals surface area contributed by atoms with Crippen LogP contribution in [0.4, 0.5) is 0 Å². The Labute approximate surface area is 176 Å². The molecule has 2 N–H and O–H groups in total. The van der Waals surface area contributed by atoms with Gasteiger partial charge in [0.05, 0.1) is 19.8 Å². The van der Waals surface area contributed by atoms with Gasteiger partial charge < -0.3 is 25.0 Å². The van der Waals surface area contributed by atoms with Crippen molar-refractivity contribution in [3.8, 4) is 11.5 Å². The molecule has 0 aliphatic carbocycles. The van der Waals surface area contributed by atoms with Gasteiger partial charge in [-0.3, -0.25) is 9.59 Å².